The van der Waals surface area contributed by atoms with Crippen molar-refractivity contribution < 1.29 is 9.59 Å². The minimum Gasteiger partial charge on any atom is -0.337 e. The van der Waals surface area contributed by atoms with Crippen LogP contribution in [0.4, 0.5) is 5.69 Å². The normalized spacial score (nSPS) is 13.0. The van der Waals surface area contributed by atoms with Crippen molar-refractivity contribution in [2.24, 2.45) is 5.92 Å². The van der Waals surface area contributed by atoms with Crippen LogP contribution in [-0.2, 0) is 11.3 Å². The third-order valence-corrected chi connectivity index (χ3v) is 4.20. The molecule has 0 saturated heterocycles. The van der Waals surface area contributed by atoms with E-state index in [9.17, 15) is 9.59 Å². The van der Waals surface area contributed by atoms with E-state index in [0.29, 0.717) is 23.4 Å². The molecule has 0 aromatic heterocycles. The average Bonchev–Trinajstić information content (AvgIpc) is 3.47. The maximum absolute atomic E-state index is 12.5. The largest absolute Gasteiger partial charge is 0.337 e. The van der Waals surface area contributed by atoms with Gasteiger partial charge in [0.2, 0.25) is 5.91 Å². The van der Waals surface area contributed by atoms with Gasteiger partial charge < -0.3 is 10.2 Å². The summed E-state index contributed by atoms with van der Waals surface area (Å²) < 4.78 is 0. The van der Waals surface area contributed by atoms with E-state index in [4.69, 9.17) is 5.26 Å². The van der Waals surface area contributed by atoms with Gasteiger partial charge in [0.15, 0.2) is 0 Å². The van der Waals surface area contributed by atoms with Crippen molar-refractivity contribution in [3.8, 4) is 6.07 Å². The minimum absolute atomic E-state index is 0.0528. The Morgan fingerprint density at radius 1 is 1.12 bits per heavy atom. The van der Waals surface area contributed by atoms with Gasteiger partial charge >= 0.3 is 0 Å². The second-order valence-corrected chi connectivity index (χ2v) is 6.31. The topological polar surface area (TPSA) is 73.2 Å². The molecule has 1 N–H and O–H groups in total. The SMILES string of the molecule is CN(Cc1ccc(C#N)cc1)C(=O)c1ccc(NC(=O)C2CC2)cc1. The van der Waals surface area contributed by atoms with E-state index in [1.165, 1.54) is 0 Å². The van der Waals surface area contributed by atoms with E-state index < -0.39 is 0 Å². The zero-order valence-corrected chi connectivity index (χ0v) is 14.0. The molecule has 0 bridgehead atoms. The number of benzene rings is 2. The van der Waals surface area contributed by atoms with Gasteiger partial charge in [0.05, 0.1) is 11.6 Å². The summed E-state index contributed by atoms with van der Waals surface area (Å²) in [5.74, 6) is 0.112. The summed E-state index contributed by atoms with van der Waals surface area (Å²) in [5.41, 5.74) is 2.84. The van der Waals surface area contributed by atoms with Crippen LogP contribution in [0.3, 0.4) is 0 Å². The van der Waals surface area contributed by atoms with E-state index >= 15 is 0 Å². The number of nitriles is 1. The van der Waals surface area contributed by atoms with Crippen LogP contribution < -0.4 is 5.32 Å². The first-order chi connectivity index (χ1) is 12.1. The quantitative estimate of drug-likeness (QED) is 0.913. The summed E-state index contributed by atoms with van der Waals surface area (Å²) in [5, 5.41) is 11.7. The van der Waals surface area contributed by atoms with Crippen LogP contribution in [0, 0.1) is 17.2 Å². The first-order valence-electron chi connectivity index (χ1n) is 8.22. The van der Waals surface area contributed by atoms with Gasteiger partial charge in [0, 0.05) is 30.8 Å². The first-order valence-corrected chi connectivity index (χ1v) is 8.22. The fraction of sp³-hybridized carbons (Fsp3) is 0.250. The van der Waals surface area contributed by atoms with Crippen molar-refractivity contribution in [3.63, 3.8) is 0 Å². The fourth-order valence-electron chi connectivity index (χ4n) is 2.54. The molecule has 1 saturated carbocycles. The number of hydrogen-bond acceptors (Lipinski definition) is 3. The van der Waals surface area contributed by atoms with Crippen LogP contribution in [-0.4, -0.2) is 23.8 Å². The molecule has 0 radical (unpaired) electrons. The summed E-state index contributed by atoms with van der Waals surface area (Å²) in [6, 6.07) is 16.2. The summed E-state index contributed by atoms with van der Waals surface area (Å²) in [7, 11) is 1.74. The number of carbonyl (C=O) groups excluding carboxylic acids is 2. The molecule has 0 unspecified atom stereocenters. The Kier molecular flexibility index (Phi) is 4.80. The van der Waals surface area contributed by atoms with Crippen molar-refractivity contribution in [3.05, 3.63) is 65.2 Å². The zero-order valence-electron chi connectivity index (χ0n) is 14.0. The van der Waals surface area contributed by atoms with Crippen molar-refractivity contribution in [2.45, 2.75) is 19.4 Å². The number of carbonyl (C=O) groups is 2. The second-order valence-electron chi connectivity index (χ2n) is 6.31. The third-order valence-electron chi connectivity index (χ3n) is 4.20. The lowest BCUT2D eigenvalue weighted by Gasteiger charge is -2.17. The molecule has 2 amide bonds. The first kappa shape index (κ1) is 16.7. The summed E-state index contributed by atoms with van der Waals surface area (Å²) in [6.45, 7) is 0.463. The molecule has 126 valence electrons. The standard InChI is InChI=1S/C20H19N3O2/c1-23(13-15-4-2-14(12-21)3-5-15)20(25)17-8-10-18(11-9-17)22-19(24)16-6-7-16/h2-5,8-11,16H,6-7,13H2,1H3,(H,22,24). The van der Waals surface area contributed by atoms with Crippen molar-refractivity contribution >= 4 is 17.5 Å². The summed E-state index contributed by atoms with van der Waals surface area (Å²) in [4.78, 5) is 25.9. The van der Waals surface area contributed by atoms with Gasteiger partial charge in [0.25, 0.3) is 5.91 Å². The molecule has 25 heavy (non-hydrogen) atoms. The van der Waals surface area contributed by atoms with E-state index in [1.54, 1.807) is 48.3 Å². The van der Waals surface area contributed by atoms with Gasteiger partial charge in [-0.1, -0.05) is 12.1 Å². The maximum Gasteiger partial charge on any atom is 0.253 e. The van der Waals surface area contributed by atoms with Crippen LogP contribution in [0.1, 0.15) is 34.3 Å². The molecule has 5 heteroatoms. The van der Waals surface area contributed by atoms with Crippen LogP contribution in [0.2, 0.25) is 0 Å². The van der Waals surface area contributed by atoms with Crippen LogP contribution in [0.15, 0.2) is 48.5 Å². The molecular weight excluding hydrogens is 314 g/mol. The Hall–Kier alpha value is -3.13. The van der Waals surface area contributed by atoms with Crippen molar-refractivity contribution in [1.29, 1.82) is 5.26 Å². The van der Waals surface area contributed by atoms with Gasteiger partial charge in [-0.05, 0) is 54.8 Å². The van der Waals surface area contributed by atoms with Crippen LogP contribution in [0.25, 0.3) is 0 Å². The number of hydrogen-bond donors (Lipinski definition) is 1. The Bertz CT molecular complexity index is 816. The monoisotopic (exact) mass is 333 g/mol. The van der Waals surface area contributed by atoms with Crippen molar-refractivity contribution in [1.82, 2.24) is 4.90 Å². The third kappa shape index (κ3) is 4.24. The molecule has 2 aromatic carbocycles. The molecule has 0 aliphatic heterocycles. The summed E-state index contributed by atoms with van der Waals surface area (Å²) in [6.07, 6.45) is 1.92. The molecule has 0 spiro atoms. The number of nitrogens with zero attached hydrogens (tertiary/aromatic N) is 2. The summed E-state index contributed by atoms with van der Waals surface area (Å²) >= 11 is 0. The van der Waals surface area contributed by atoms with Gasteiger partial charge in [-0.15, -0.1) is 0 Å². The van der Waals surface area contributed by atoms with E-state index in [2.05, 4.69) is 11.4 Å². The van der Waals surface area contributed by atoms with E-state index in [0.717, 1.165) is 18.4 Å². The molecule has 0 heterocycles. The second kappa shape index (κ2) is 7.18. The molecule has 1 aliphatic carbocycles. The molecule has 1 fully saturated rings. The Morgan fingerprint density at radius 2 is 1.76 bits per heavy atom. The molecule has 1 aliphatic rings. The highest BCUT2D eigenvalue weighted by Gasteiger charge is 2.29. The van der Waals surface area contributed by atoms with Crippen LogP contribution >= 0.6 is 0 Å². The van der Waals surface area contributed by atoms with E-state index in [-0.39, 0.29) is 17.7 Å². The maximum atomic E-state index is 12.5. The molecule has 0 atom stereocenters. The minimum atomic E-state index is -0.0931. The highest BCUT2D eigenvalue weighted by atomic mass is 16.2. The predicted octanol–water partition coefficient (Wildman–Crippen LogP) is 3.18. The Morgan fingerprint density at radius 3 is 2.32 bits per heavy atom. The lowest BCUT2D eigenvalue weighted by Crippen LogP contribution is -2.26. The highest BCUT2D eigenvalue weighted by molar-refractivity contribution is 5.96. The predicted molar refractivity (Wildman–Crippen MR) is 94.8 cm³/mol. The van der Waals surface area contributed by atoms with Crippen molar-refractivity contribution in [2.75, 3.05) is 12.4 Å². The van der Waals surface area contributed by atoms with Gasteiger partial charge in [0.1, 0.15) is 0 Å². The molecule has 5 nitrogen and oxygen atoms in total. The highest BCUT2D eigenvalue weighted by Crippen LogP contribution is 2.30. The zero-order chi connectivity index (χ0) is 17.8. The number of anilines is 1. The molecule has 3 rings (SSSR count). The Labute approximate surface area is 146 Å². The molecule has 2 aromatic rings. The number of nitrogens with one attached hydrogen (secondary N) is 1. The van der Waals surface area contributed by atoms with Crippen LogP contribution in [0.5, 0.6) is 0 Å². The average molecular weight is 333 g/mol. The van der Waals surface area contributed by atoms with E-state index in [1.807, 2.05) is 12.1 Å². The smallest absolute Gasteiger partial charge is 0.253 e. The lowest BCUT2D eigenvalue weighted by atomic mass is 10.1. The van der Waals surface area contributed by atoms with Gasteiger partial charge in [-0.3, -0.25) is 9.59 Å². The van der Waals surface area contributed by atoms with Gasteiger partial charge in [-0.2, -0.15) is 5.26 Å². The number of amides is 2. The number of rotatable bonds is 5. The Balaban J connectivity index is 1.60. The molecular formula is C20H19N3O2. The van der Waals surface area contributed by atoms with Gasteiger partial charge in [-0.25, -0.2) is 0 Å². The fourth-order valence-corrected chi connectivity index (χ4v) is 2.54. The lowest BCUT2D eigenvalue weighted by molar-refractivity contribution is -0.117.